The topological polar surface area (TPSA) is 82.3 Å². The van der Waals surface area contributed by atoms with Crippen molar-refractivity contribution in [2.75, 3.05) is 19.0 Å². The summed E-state index contributed by atoms with van der Waals surface area (Å²) in [5.74, 6) is -0.995. The summed E-state index contributed by atoms with van der Waals surface area (Å²) in [5.41, 5.74) is 0.761. The van der Waals surface area contributed by atoms with E-state index in [4.69, 9.17) is 26.7 Å². The first kappa shape index (κ1) is 14.3. The summed E-state index contributed by atoms with van der Waals surface area (Å²) < 4.78 is 4.85. The average molecular weight is 269 g/mol. The van der Waals surface area contributed by atoms with Gasteiger partial charge in [-0.15, -0.1) is 0 Å². The number of carboxylic acids is 1. The number of halogens is 1. The number of hydrogen-bond donors (Lipinski definition) is 2. The van der Waals surface area contributed by atoms with Gasteiger partial charge in [-0.2, -0.15) is 5.26 Å². The van der Waals surface area contributed by atoms with Crippen LogP contribution in [0.2, 0.25) is 5.02 Å². The third-order valence-corrected chi connectivity index (χ3v) is 2.58. The Morgan fingerprint density at radius 3 is 2.94 bits per heavy atom. The molecule has 2 N–H and O–H groups in total. The third kappa shape index (κ3) is 3.91. The highest BCUT2D eigenvalue weighted by Crippen LogP contribution is 2.21. The maximum absolute atomic E-state index is 11.0. The average Bonchev–Trinajstić information content (AvgIpc) is 2.35. The highest BCUT2D eigenvalue weighted by Gasteiger charge is 2.18. The monoisotopic (exact) mass is 268 g/mol. The normalized spacial score (nSPS) is 11.6. The Bertz CT molecular complexity index is 471. The first-order valence-electron chi connectivity index (χ1n) is 5.26. The fourth-order valence-corrected chi connectivity index (χ4v) is 1.59. The van der Waals surface area contributed by atoms with Crippen LogP contribution in [-0.4, -0.2) is 30.8 Å². The zero-order valence-electron chi connectivity index (χ0n) is 9.81. The standard InChI is InChI=1S/C12H13ClN2O3/c1-18-5-4-11(12(16)17)15-10-3-2-9(13)6-8(10)7-14/h2-3,6,11,15H,4-5H2,1H3,(H,16,17). The van der Waals surface area contributed by atoms with Gasteiger partial charge >= 0.3 is 5.97 Å². The second-order valence-electron chi connectivity index (χ2n) is 3.62. The van der Waals surface area contributed by atoms with Crippen LogP contribution < -0.4 is 5.32 Å². The minimum atomic E-state index is -0.995. The van der Waals surface area contributed by atoms with Crippen LogP contribution in [0.1, 0.15) is 12.0 Å². The van der Waals surface area contributed by atoms with Crippen molar-refractivity contribution < 1.29 is 14.6 Å². The number of carbonyl (C=O) groups is 1. The summed E-state index contributed by atoms with van der Waals surface area (Å²) in [7, 11) is 1.50. The maximum Gasteiger partial charge on any atom is 0.326 e. The number of carboxylic acid groups (broad SMARTS) is 1. The van der Waals surface area contributed by atoms with E-state index < -0.39 is 12.0 Å². The van der Waals surface area contributed by atoms with E-state index in [2.05, 4.69) is 5.32 Å². The molecule has 0 amide bonds. The van der Waals surface area contributed by atoms with Crippen molar-refractivity contribution in [1.82, 2.24) is 0 Å². The first-order valence-corrected chi connectivity index (χ1v) is 5.64. The van der Waals surface area contributed by atoms with E-state index in [0.29, 0.717) is 29.3 Å². The Hall–Kier alpha value is -1.77. The number of hydrogen-bond acceptors (Lipinski definition) is 4. The fraction of sp³-hybridized carbons (Fsp3) is 0.333. The lowest BCUT2D eigenvalue weighted by molar-refractivity contribution is -0.138. The van der Waals surface area contributed by atoms with Gasteiger partial charge in [-0.3, -0.25) is 0 Å². The molecule has 1 atom stereocenters. The zero-order valence-corrected chi connectivity index (χ0v) is 10.6. The quantitative estimate of drug-likeness (QED) is 0.826. The van der Waals surface area contributed by atoms with Gasteiger partial charge in [0.15, 0.2) is 0 Å². The molecule has 1 aromatic carbocycles. The smallest absolute Gasteiger partial charge is 0.326 e. The number of nitrogens with one attached hydrogen (secondary N) is 1. The lowest BCUT2D eigenvalue weighted by Crippen LogP contribution is -2.30. The van der Waals surface area contributed by atoms with E-state index in [1.165, 1.54) is 13.2 Å². The van der Waals surface area contributed by atoms with E-state index in [9.17, 15) is 4.79 Å². The summed E-state index contributed by atoms with van der Waals surface area (Å²) in [4.78, 5) is 11.0. The van der Waals surface area contributed by atoms with Gasteiger partial charge in [0.1, 0.15) is 12.1 Å². The fourth-order valence-electron chi connectivity index (χ4n) is 1.42. The van der Waals surface area contributed by atoms with Crippen molar-refractivity contribution in [3.8, 4) is 6.07 Å². The molecular formula is C12H13ClN2O3. The number of rotatable bonds is 6. The molecule has 0 spiro atoms. The molecule has 0 bridgehead atoms. The minimum absolute atomic E-state index is 0.305. The SMILES string of the molecule is COCCC(Nc1ccc(Cl)cc1C#N)C(=O)O. The zero-order chi connectivity index (χ0) is 13.5. The molecule has 0 aliphatic rings. The highest BCUT2D eigenvalue weighted by molar-refractivity contribution is 6.30. The Labute approximate surface area is 110 Å². The molecule has 0 heterocycles. The van der Waals surface area contributed by atoms with Gasteiger partial charge in [-0.05, 0) is 18.2 Å². The van der Waals surface area contributed by atoms with Crippen LogP contribution in [0.15, 0.2) is 18.2 Å². The Kier molecular flexibility index (Phi) is 5.43. The second kappa shape index (κ2) is 6.84. The lowest BCUT2D eigenvalue weighted by Gasteiger charge is -2.16. The second-order valence-corrected chi connectivity index (χ2v) is 4.05. The molecule has 0 saturated carbocycles. The van der Waals surface area contributed by atoms with Crippen LogP contribution in [0.25, 0.3) is 0 Å². The number of methoxy groups -OCH3 is 1. The number of nitrogens with zero attached hydrogens (tertiary/aromatic N) is 1. The van der Waals surface area contributed by atoms with Gasteiger partial charge < -0.3 is 15.2 Å². The highest BCUT2D eigenvalue weighted by atomic mass is 35.5. The number of benzene rings is 1. The molecule has 1 aromatic rings. The van der Waals surface area contributed by atoms with Gasteiger partial charge in [-0.1, -0.05) is 11.6 Å². The number of anilines is 1. The van der Waals surface area contributed by atoms with Crippen LogP contribution in [0.3, 0.4) is 0 Å². The van der Waals surface area contributed by atoms with Gasteiger partial charge in [-0.25, -0.2) is 4.79 Å². The number of nitriles is 1. The van der Waals surface area contributed by atoms with Crippen molar-refractivity contribution in [2.45, 2.75) is 12.5 Å². The Balaban J connectivity index is 2.87. The largest absolute Gasteiger partial charge is 0.480 e. The van der Waals surface area contributed by atoms with Gasteiger partial charge in [0.05, 0.1) is 11.3 Å². The minimum Gasteiger partial charge on any atom is -0.480 e. The molecule has 0 radical (unpaired) electrons. The maximum atomic E-state index is 11.0. The Morgan fingerprint density at radius 2 is 2.39 bits per heavy atom. The van der Waals surface area contributed by atoms with Crippen molar-refractivity contribution in [1.29, 1.82) is 5.26 Å². The van der Waals surface area contributed by atoms with Crippen LogP contribution in [0.5, 0.6) is 0 Å². The van der Waals surface area contributed by atoms with Crippen LogP contribution in [-0.2, 0) is 9.53 Å². The third-order valence-electron chi connectivity index (χ3n) is 2.34. The van der Waals surface area contributed by atoms with Gasteiger partial charge in [0, 0.05) is 25.2 Å². The van der Waals surface area contributed by atoms with E-state index in [-0.39, 0.29) is 0 Å². The summed E-state index contributed by atoms with van der Waals surface area (Å²) in [6.45, 7) is 0.319. The molecule has 1 rings (SSSR count). The molecule has 6 heteroatoms. The van der Waals surface area contributed by atoms with Crippen LogP contribution >= 0.6 is 11.6 Å². The first-order chi connectivity index (χ1) is 8.58. The van der Waals surface area contributed by atoms with Crippen molar-refractivity contribution in [3.05, 3.63) is 28.8 Å². The lowest BCUT2D eigenvalue weighted by atomic mass is 10.1. The number of ether oxygens (including phenoxy) is 1. The van der Waals surface area contributed by atoms with Crippen molar-refractivity contribution in [3.63, 3.8) is 0 Å². The summed E-state index contributed by atoms with van der Waals surface area (Å²) >= 11 is 5.76. The van der Waals surface area contributed by atoms with E-state index in [1.807, 2.05) is 6.07 Å². The predicted molar refractivity (Wildman–Crippen MR) is 67.7 cm³/mol. The molecular weight excluding hydrogens is 256 g/mol. The summed E-state index contributed by atoms with van der Waals surface area (Å²) in [6.07, 6.45) is 0.305. The summed E-state index contributed by atoms with van der Waals surface area (Å²) in [6, 6.07) is 5.83. The number of aliphatic carboxylic acids is 1. The van der Waals surface area contributed by atoms with E-state index in [0.717, 1.165) is 0 Å². The molecule has 0 aliphatic carbocycles. The molecule has 5 nitrogen and oxygen atoms in total. The molecule has 0 aromatic heterocycles. The van der Waals surface area contributed by atoms with Crippen LogP contribution in [0.4, 0.5) is 5.69 Å². The molecule has 0 saturated heterocycles. The molecule has 96 valence electrons. The molecule has 0 aliphatic heterocycles. The predicted octanol–water partition coefficient (Wildman–Crippen LogP) is 2.11. The molecule has 18 heavy (non-hydrogen) atoms. The van der Waals surface area contributed by atoms with E-state index >= 15 is 0 Å². The van der Waals surface area contributed by atoms with Gasteiger partial charge in [0.2, 0.25) is 0 Å². The van der Waals surface area contributed by atoms with Gasteiger partial charge in [0.25, 0.3) is 0 Å². The summed E-state index contributed by atoms with van der Waals surface area (Å²) in [5, 5.41) is 21.2. The Morgan fingerprint density at radius 1 is 1.67 bits per heavy atom. The van der Waals surface area contributed by atoms with Crippen molar-refractivity contribution in [2.24, 2.45) is 0 Å². The molecule has 0 fully saturated rings. The van der Waals surface area contributed by atoms with Crippen LogP contribution in [0, 0.1) is 11.3 Å². The molecule has 1 unspecified atom stereocenters. The van der Waals surface area contributed by atoms with Crippen molar-refractivity contribution >= 4 is 23.3 Å². The van der Waals surface area contributed by atoms with E-state index in [1.54, 1.807) is 12.1 Å².